The molecule has 2 spiro atoms. The number of ketones is 1. The first-order chi connectivity index (χ1) is 13.8. The van der Waals surface area contributed by atoms with Gasteiger partial charge in [0.2, 0.25) is 5.91 Å². The zero-order valence-electron chi connectivity index (χ0n) is 17.4. The summed E-state index contributed by atoms with van der Waals surface area (Å²) in [5.41, 5.74) is -0.467. The van der Waals surface area contributed by atoms with E-state index in [9.17, 15) is 14.7 Å². The Morgan fingerprint density at radius 1 is 1.34 bits per heavy atom. The number of rotatable bonds is 1. The highest BCUT2D eigenvalue weighted by Gasteiger charge is 2.75. The summed E-state index contributed by atoms with van der Waals surface area (Å²) < 4.78 is 11.4. The fraction of sp³-hybridized carbons (Fsp3) is 0.636. The van der Waals surface area contributed by atoms with Crippen LogP contribution in [0, 0.1) is 5.92 Å². The molecule has 0 radical (unpaired) electrons. The molecule has 5 aliphatic rings. The van der Waals surface area contributed by atoms with Gasteiger partial charge >= 0.3 is 0 Å². The van der Waals surface area contributed by atoms with Crippen LogP contribution in [0.4, 0.5) is 5.69 Å². The summed E-state index contributed by atoms with van der Waals surface area (Å²) in [6.07, 6.45) is 2.04. The van der Waals surface area contributed by atoms with Crippen LogP contribution in [0.1, 0.15) is 38.7 Å². The molecule has 6 rings (SSSR count). The molecule has 0 aromatic heterocycles. The van der Waals surface area contributed by atoms with Crippen molar-refractivity contribution >= 4 is 17.4 Å². The Bertz CT molecular complexity index is 917. The van der Waals surface area contributed by atoms with Crippen molar-refractivity contribution in [3.05, 3.63) is 17.7 Å². The van der Waals surface area contributed by atoms with E-state index >= 15 is 0 Å². The number of nitrogens with zero attached hydrogens (tertiary/aromatic N) is 2. The number of methoxy groups -OCH3 is 1. The maximum absolute atomic E-state index is 14.2. The minimum Gasteiger partial charge on any atom is -0.503 e. The SMILES string of the molecule is COc1ccc2c(c1O)N(C(C)=O)[C@H]1C[C@@H]3CCN(C)CC[C@@]21C(=O)[C@]31O[C@H]1C. The molecule has 2 bridgehead atoms. The smallest absolute Gasteiger partial charge is 0.224 e. The second-order valence-corrected chi connectivity index (χ2v) is 9.05. The normalized spacial score (nSPS) is 38.3. The van der Waals surface area contributed by atoms with Crippen LogP contribution in [0.2, 0.25) is 0 Å². The van der Waals surface area contributed by atoms with Gasteiger partial charge in [-0.1, -0.05) is 6.07 Å². The number of carbonyl (C=O) groups excluding carboxylic acids is 2. The first kappa shape index (κ1) is 18.9. The number of aromatic hydroxyl groups is 1. The van der Waals surface area contributed by atoms with Crippen molar-refractivity contribution in [2.75, 3.05) is 32.1 Å². The number of hydrogen-bond donors (Lipinski definition) is 1. The standard InChI is InChI=1S/C22H28N2O5/c1-12-22(29-12)14-7-9-23(3)10-8-21(20(22)27)15-5-6-16(28-4)19(26)18(15)24(13(2)25)17(21)11-14/h5-6,12,14,17,26H,7-11H2,1-4H3/t12-,14-,17-,21+,22+/m0/s1. The lowest BCUT2D eigenvalue weighted by Crippen LogP contribution is -2.62. The van der Waals surface area contributed by atoms with E-state index in [1.54, 1.807) is 11.0 Å². The number of fused-ring (bicyclic) bond motifs is 5. The van der Waals surface area contributed by atoms with E-state index in [4.69, 9.17) is 9.47 Å². The van der Waals surface area contributed by atoms with Crippen molar-refractivity contribution in [3.63, 3.8) is 0 Å². The second-order valence-electron chi connectivity index (χ2n) is 9.05. The maximum Gasteiger partial charge on any atom is 0.224 e. The molecule has 1 aromatic carbocycles. The van der Waals surface area contributed by atoms with Crippen LogP contribution >= 0.6 is 0 Å². The van der Waals surface area contributed by atoms with Crippen molar-refractivity contribution in [3.8, 4) is 11.5 Å². The average Bonchev–Trinajstić information content (AvgIpc) is 3.22. The number of phenolic OH excluding ortho intramolecular Hbond substituents is 1. The predicted molar refractivity (Wildman–Crippen MR) is 106 cm³/mol. The molecule has 1 amide bonds. The number of carbonyl (C=O) groups is 2. The number of amides is 1. The van der Waals surface area contributed by atoms with E-state index in [-0.39, 0.29) is 35.5 Å². The van der Waals surface area contributed by atoms with Crippen LogP contribution in [0.15, 0.2) is 12.1 Å². The van der Waals surface area contributed by atoms with Crippen molar-refractivity contribution in [1.82, 2.24) is 4.90 Å². The highest BCUT2D eigenvalue weighted by atomic mass is 16.6. The molecule has 1 saturated carbocycles. The van der Waals surface area contributed by atoms with Crippen LogP contribution in [0.3, 0.4) is 0 Å². The number of benzene rings is 1. The molecule has 7 heteroatoms. The number of epoxide rings is 1. The highest BCUT2D eigenvalue weighted by Crippen LogP contribution is 2.64. The van der Waals surface area contributed by atoms with Crippen LogP contribution in [0.25, 0.3) is 0 Å². The summed E-state index contributed by atoms with van der Waals surface area (Å²) in [7, 11) is 3.56. The van der Waals surface area contributed by atoms with Crippen molar-refractivity contribution < 1.29 is 24.2 Å². The van der Waals surface area contributed by atoms with Gasteiger partial charge in [0.1, 0.15) is 0 Å². The molecular weight excluding hydrogens is 372 g/mol. The van der Waals surface area contributed by atoms with Gasteiger partial charge in [-0.3, -0.25) is 9.59 Å². The molecule has 156 valence electrons. The molecule has 5 atom stereocenters. The van der Waals surface area contributed by atoms with E-state index in [2.05, 4.69) is 11.9 Å². The van der Waals surface area contributed by atoms with Gasteiger partial charge in [0.05, 0.1) is 30.4 Å². The number of anilines is 1. The van der Waals surface area contributed by atoms with Gasteiger partial charge in [-0.25, -0.2) is 0 Å². The molecule has 7 nitrogen and oxygen atoms in total. The van der Waals surface area contributed by atoms with Gasteiger partial charge in [-0.15, -0.1) is 0 Å². The number of ether oxygens (including phenoxy) is 2. The summed E-state index contributed by atoms with van der Waals surface area (Å²) in [6.45, 7) is 5.13. The van der Waals surface area contributed by atoms with E-state index in [0.29, 0.717) is 24.3 Å². The first-order valence-electron chi connectivity index (χ1n) is 10.4. The molecule has 29 heavy (non-hydrogen) atoms. The maximum atomic E-state index is 14.2. The van der Waals surface area contributed by atoms with Gasteiger partial charge in [0.25, 0.3) is 0 Å². The Morgan fingerprint density at radius 3 is 2.69 bits per heavy atom. The van der Waals surface area contributed by atoms with E-state index in [0.717, 1.165) is 25.1 Å². The third kappa shape index (κ3) is 2.15. The Kier molecular flexibility index (Phi) is 3.87. The third-order valence-electron chi connectivity index (χ3n) is 7.82. The van der Waals surface area contributed by atoms with Crippen molar-refractivity contribution in [2.45, 2.75) is 56.3 Å². The monoisotopic (exact) mass is 400 g/mol. The van der Waals surface area contributed by atoms with Gasteiger partial charge < -0.3 is 24.4 Å². The molecule has 1 aliphatic carbocycles. The lowest BCUT2D eigenvalue weighted by molar-refractivity contribution is -0.137. The number of hydrogen-bond acceptors (Lipinski definition) is 6. The van der Waals surface area contributed by atoms with Gasteiger partial charge in [-0.05, 0) is 58.0 Å². The summed E-state index contributed by atoms with van der Waals surface area (Å²) in [6, 6.07) is 3.25. The van der Waals surface area contributed by atoms with Crippen LogP contribution in [-0.4, -0.2) is 66.7 Å². The van der Waals surface area contributed by atoms with Gasteiger partial charge in [0, 0.05) is 12.8 Å². The van der Waals surface area contributed by atoms with E-state index < -0.39 is 11.0 Å². The Hall–Kier alpha value is -2.12. The number of Topliss-reactive ketones (excluding diaryl/α,β-unsaturated/α-hetero) is 1. The topological polar surface area (TPSA) is 82.6 Å². The fourth-order valence-electron chi connectivity index (χ4n) is 6.35. The zero-order valence-corrected chi connectivity index (χ0v) is 17.4. The van der Waals surface area contributed by atoms with Gasteiger partial charge in [-0.2, -0.15) is 0 Å². The first-order valence-corrected chi connectivity index (χ1v) is 10.4. The minimum absolute atomic E-state index is 0.0591. The molecule has 0 unspecified atom stereocenters. The number of phenols is 1. The average molecular weight is 400 g/mol. The molecule has 4 fully saturated rings. The lowest BCUT2D eigenvalue weighted by Gasteiger charge is -2.46. The Labute approximate surface area is 170 Å². The zero-order chi connectivity index (χ0) is 20.7. The van der Waals surface area contributed by atoms with Crippen LogP contribution in [0.5, 0.6) is 11.5 Å². The van der Waals surface area contributed by atoms with Crippen molar-refractivity contribution in [1.29, 1.82) is 0 Å². The molecule has 1 aromatic rings. The summed E-state index contributed by atoms with van der Waals surface area (Å²) in [5.74, 6) is 0.222. The van der Waals surface area contributed by atoms with E-state index in [1.165, 1.54) is 14.0 Å². The lowest BCUT2D eigenvalue weighted by atomic mass is 9.57. The fourth-order valence-corrected chi connectivity index (χ4v) is 6.35. The molecule has 4 aliphatic heterocycles. The van der Waals surface area contributed by atoms with E-state index in [1.807, 2.05) is 13.0 Å². The van der Waals surface area contributed by atoms with Crippen LogP contribution in [-0.2, 0) is 19.7 Å². The summed E-state index contributed by atoms with van der Waals surface area (Å²) in [4.78, 5) is 30.9. The minimum atomic E-state index is -0.870. The molecular formula is C22H28N2O5. The summed E-state index contributed by atoms with van der Waals surface area (Å²) in [5, 5.41) is 11.0. The highest BCUT2D eigenvalue weighted by molar-refractivity contribution is 6.09. The van der Waals surface area contributed by atoms with Crippen LogP contribution < -0.4 is 9.64 Å². The molecule has 1 N–H and O–H groups in total. The summed E-state index contributed by atoms with van der Waals surface area (Å²) >= 11 is 0. The third-order valence-corrected chi connectivity index (χ3v) is 7.82. The second kappa shape index (κ2) is 5.95. The largest absolute Gasteiger partial charge is 0.503 e. The predicted octanol–water partition coefficient (Wildman–Crippen LogP) is 1.85. The Balaban J connectivity index is 1.79. The molecule has 3 saturated heterocycles. The molecule has 4 heterocycles. The van der Waals surface area contributed by atoms with Crippen molar-refractivity contribution in [2.24, 2.45) is 5.92 Å². The quantitative estimate of drug-likeness (QED) is 0.725. The Morgan fingerprint density at radius 2 is 2.07 bits per heavy atom. The van der Waals surface area contributed by atoms with Gasteiger partial charge in [0.15, 0.2) is 22.9 Å².